The van der Waals surface area contributed by atoms with Gasteiger partial charge in [-0.2, -0.15) is 8.78 Å². The quantitative estimate of drug-likeness (QED) is 0.446. The molecule has 0 saturated heterocycles. The molecule has 0 fully saturated rings. The molecule has 0 aromatic heterocycles. The normalized spacial score (nSPS) is 16.2. The van der Waals surface area contributed by atoms with Gasteiger partial charge in [0.25, 0.3) is 0 Å². The second kappa shape index (κ2) is 7.92. The molecule has 25 heavy (non-hydrogen) atoms. The van der Waals surface area contributed by atoms with Gasteiger partial charge in [0.2, 0.25) is 0 Å². The van der Waals surface area contributed by atoms with Crippen molar-refractivity contribution in [1.29, 1.82) is 0 Å². The lowest BCUT2D eigenvalue weighted by Gasteiger charge is -2.39. The molecule has 0 heterocycles. The number of esters is 1. The summed E-state index contributed by atoms with van der Waals surface area (Å²) in [6.07, 6.45) is 0. The smallest absolute Gasteiger partial charge is 0.379 e. The van der Waals surface area contributed by atoms with Crippen molar-refractivity contribution in [3.8, 4) is 0 Å². The second-order valence-electron chi connectivity index (χ2n) is 6.30. The summed E-state index contributed by atoms with van der Waals surface area (Å²) in [6, 6.07) is 4.20. The van der Waals surface area contributed by atoms with Gasteiger partial charge in [0.15, 0.2) is 5.54 Å². The van der Waals surface area contributed by atoms with Gasteiger partial charge in [0.1, 0.15) is 17.2 Å². The van der Waals surface area contributed by atoms with E-state index >= 15 is 0 Å². The van der Waals surface area contributed by atoms with Crippen LogP contribution in [0.3, 0.4) is 0 Å². The first-order chi connectivity index (χ1) is 11.4. The van der Waals surface area contributed by atoms with Crippen LogP contribution in [-0.4, -0.2) is 34.5 Å². The molecule has 0 bridgehead atoms. The minimum atomic E-state index is -4.51. The van der Waals surface area contributed by atoms with E-state index in [2.05, 4.69) is 4.74 Å². The highest BCUT2D eigenvalue weighted by molar-refractivity contribution is 7.90. The molecule has 4 nitrogen and oxygen atoms in total. The maximum atomic E-state index is 14.9. The monoisotopic (exact) mass is 383 g/mol. The van der Waals surface area contributed by atoms with E-state index in [0.717, 1.165) is 12.1 Å². The SMILES string of the molecule is CCOC(=O)C(F)(F)[C@](CF)(N[S@+]([O-])C(C)(C)C)c1ccccc1F. The summed E-state index contributed by atoms with van der Waals surface area (Å²) < 4.78 is 75.5. The highest BCUT2D eigenvalue weighted by Crippen LogP contribution is 2.42. The van der Waals surface area contributed by atoms with Gasteiger partial charge < -0.3 is 9.29 Å². The molecule has 0 aliphatic carbocycles. The zero-order valence-electron chi connectivity index (χ0n) is 14.4. The van der Waals surface area contributed by atoms with E-state index < -0.39 is 51.6 Å². The first kappa shape index (κ1) is 21.7. The van der Waals surface area contributed by atoms with Crippen molar-refractivity contribution in [3.63, 3.8) is 0 Å². The third kappa shape index (κ3) is 4.27. The van der Waals surface area contributed by atoms with Crippen LogP contribution in [0.4, 0.5) is 17.6 Å². The predicted octanol–water partition coefficient (Wildman–Crippen LogP) is 3.24. The van der Waals surface area contributed by atoms with Gasteiger partial charge in [-0.05, 0) is 33.8 Å². The van der Waals surface area contributed by atoms with Gasteiger partial charge in [-0.1, -0.05) is 18.2 Å². The third-order valence-corrected chi connectivity index (χ3v) is 5.07. The molecule has 9 heteroatoms. The fourth-order valence-electron chi connectivity index (χ4n) is 1.99. The summed E-state index contributed by atoms with van der Waals surface area (Å²) in [5.41, 5.74) is -3.99. The molecule has 0 aliphatic heterocycles. The van der Waals surface area contributed by atoms with Gasteiger partial charge in [0.05, 0.1) is 6.61 Å². The van der Waals surface area contributed by atoms with Gasteiger partial charge in [-0.15, -0.1) is 4.72 Å². The lowest BCUT2D eigenvalue weighted by molar-refractivity contribution is -0.186. The molecule has 1 aromatic rings. The number of alkyl halides is 3. The Morgan fingerprint density at radius 2 is 1.84 bits per heavy atom. The second-order valence-corrected chi connectivity index (χ2v) is 8.26. The van der Waals surface area contributed by atoms with Crippen molar-refractivity contribution in [2.24, 2.45) is 0 Å². The van der Waals surface area contributed by atoms with Crippen LogP contribution in [0, 0.1) is 5.82 Å². The molecule has 1 aromatic carbocycles. The summed E-state index contributed by atoms with van der Waals surface area (Å²) in [4.78, 5) is 11.8. The van der Waals surface area contributed by atoms with E-state index in [1.807, 2.05) is 4.72 Å². The number of rotatable bonds is 7. The molecule has 1 N–H and O–H groups in total. The average molecular weight is 383 g/mol. The Morgan fingerprint density at radius 3 is 2.28 bits per heavy atom. The minimum absolute atomic E-state index is 0.379. The van der Waals surface area contributed by atoms with Crippen LogP contribution >= 0.6 is 0 Å². The third-order valence-electron chi connectivity index (χ3n) is 3.43. The van der Waals surface area contributed by atoms with E-state index in [1.165, 1.54) is 39.8 Å². The van der Waals surface area contributed by atoms with Crippen molar-refractivity contribution in [2.45, 2.75) is 43.9 Å². The zero-order chi connectivity index (χ0) is 19.5. The summed E-state index contributed by atoms with van der Waals surface area (Å²) in [5.74, 6) is -7.71. The fraction of sp³-hybridized carbons (Fsp3) is 0.562. The minimum Gasteiger partial charge on any atom is -0.598 e. The zero-order valence-corrected chi connectivity index (χ0v) is 15.2. The molecule has 142 valence electrons. The number of benzene rings is 1. The van der Waals surface area contributed by atoms with Crippen LogP contribution in [0.25, 0.3) is 0 Å². The summed E-state index contributed by atoms with van der Waals surface area (Å²) in [6.45, 7) is 3.42. The maximum Gasteiger partial charge on any atom is 0.379 e. The summed E-state index contributed by atoms with van der Waals surface area (Å²) in [5, 5.41) is 0. The van der Waals surface area contributed by atoms with Gasteiger partial charge >= 0.3 is 11.9 Å². The molecule has 0 amide bonds. The van der Waals surface area contributed by atoms with Gasteiger partial charge in [-0.3, -0.25) is 0 Å². The van der Waals surface area contributed by atoms with Crippen molar-refractivity contribution < 1.29 is 31.6 Å². The number of hydrogen-bond donors (Lipinski definition) is 1. The highest BCUT2D eigenvalue weighted by Gasteiger charge is 2.65. The Balaban J connectivity index is 3.59. The fourth-order valence-corrected chi connectivity index (χ4v) is 2.90. The van der Waals surface area contributed by atoms with Crippen LogP contribution in [0.2, 0.25) is 0 Å². The number of carbonyl (C=O) groups excluding carboxylic acids is 1. The average Bonchev–Trinajstić information content (AvgIpc) is 2.52. The van der Waals surface area contributed by atoms with E-state index in [9.17, 15) is 26.9 Å². The Bertz CT molecular complexity index is 609. The number of halogens is 4. The molecular formula is C16H21F4NO3S. The van der Waals surface area contributed by atoms with Crippen molar-refractivity contribution >= 4 is 17.3 Å². The van der Waals surface area contributed by atoms with Gasteiger partial charge in [-0.25, -0.2) is 13.6 Å². The van der Waals surface area contributed by atoms with Crippen LogP contribution in [0.5, 0.6) is 0 Å². The molecule has 0 spiro atoms. The van der Waals surface area contributed by atoms with Gasteiger partial charge in [0, 0.05) is 16.9 Å². The number of ether oxygens (including phenoxy) is 1. The number of carbonyl (C=O) groups is 1. The lowest BCUT2D eigenvalue weighted by Crippen LogP contribution is -2.65. The highest BCUT2D eigenvalue weighted by atomic mass is 32.2. The maximum absolute atomic E-state index is 14.9. The van der Waals surface area contributed by atoms with Crippen LogP contribution in [-0.2, 0) is 26.4 Å². The number of hydrogen-bond acceptors (Lipinski definition) is 4. The van der Waals surface area contributed by atoms with Crippen molar-refractivity contribution in [3.05, 3.63) is 35.6 Å². The van der Waals surface area contributed by atoms with E-state index in [1.54, 1.807) is 0 Å². The van der Waals surface area contributed by atoms with E-state index in [4.69, 9.17) is 0 Å². The van der Waals surface area contributed by atoms with E-state index in [0.29, 0.717) is 0 Å². The number of nitrogens with one attached hydrogen (secondary N) is 1. The topological polar surface area (TPSA) is 61.4 Å². The molecule has 0 unspecified atom stereocenters. The van der Waals surface area contributed by atoms with Crippen molar-refractivity contribution in [2.75, 3.05) is 13.3 Å². The van der Waals surface area contributed by atoms with Crippen LogP contribution < -0.4 is 4.72 Å². The predicted molar refractivity (Wildman–Crippen MR) is 86.7 cm³/mol. The summed E-state index contributed by atoms with van der Waals surface area (Å²) in [7, 11) is 0. The largest absolute Gasteiger partial charge is 0.598 e. The standard InChI is InChI=1S/C16H21F4NO3S/c1-5-24-13(22)16(19,20)15(10-17,21-25(23)14(2,3)4)11-8-6-7-9-12(11)18/h6-9,21H,5,10H2,1-4H3/t15-,25-/m1/s1. The molecule has 0 saturated carbocycles. The summed E-state index contributed by atoms with van der Waals surface area (Å²) >= 11 is -2.23. The van der Waals surface area contributed by atoms with Crippen molar-refractivity contribution in [1.82, 2.24) is 4.72 Å². The Hall–Kier alpha value is -1.32. The first-order valence-electron chi connectivity index (χ1n) is 7.49. The molecule has 0 radical (unpaired) electrons. The molecule has 2 atom stereocenters. The molecular weight excluding hydrogens is 362 g/mol. The molecule has 0 aliphatic rings. The molecule has 1 rings (SSSR count). The Kier molecular flexibility index (Phi) is 6.88. The Labute approximate surface area is 147 Å². The van der Waals surface area contributed by atoms with Crippen LogP contribution in [0.15, 0.2) is 24.3 Å². The Morgan fingerprint density at radius 1 is 1.28 bits per heavy atom. The first-order valence-corrected chi connectivity index (χ1v) is 8.64. The lowest BCUT2D eigenvalue weighted by atomic mass is 9.85. The van der Waals surface area contributed by atoms with E-state index in [-0.39, 0.29) is 6.61 Å². The van der Waals surface area contributed by atoms with Crippen LogP contribution in [0.1, 0.15) is 33.3 Å².